The van der Waals surface area contributed by atoms with Crippen LogP contribution in [0.15, 0.2) is 9.42 Å². The fourth-order valence-electron chi connectivity index (χ4n) is 2.04. The molecule has 3 aliphatic rings. The van der Waals surface area contributed by atoms with Crippen LogP contribution in [0.25, 0.3) is 11.5 Å². The molecule has 0 amide bonds. The first-order chi connectivity index (χ1) is 9.52. The van der Waals surface area contributed by atoms with Gasteiger partial charge in [-0.25, -0.2) is 0 Å². The van der Waals surface area contributed by atoms with Crippen molar-refractivity contribution in [3.05, 3.63) is 10.4 Å². The number of aliphatic hydroxyl groups is 3. The van der Waals surface area contributed by atoms with Crippen LogP contribution >= 0.6 is 0 Å². The Kier molecular flexibility index (Phi) is 2.90. The smallest absolute Gasteiger partial charge is 0.306 e. The van der Waals surface area contributed by atoms with Crippen molar-refractivity contribution in [1.29, 1.82) is 0 Å². The molecule has 5 N–H and O–H groups in total. The number of ether oxygens (including phenoxy) is 1. The van der Waals surface area contributed by atoms with E-state index in [0.29, 0.717) is 0 Å². The number of anilines is 1. The van der Waals surface area contributed by atoms with Crippen LogP contribution < -0.4 is 11.3 Å². The van der Waals surface area contributed by atoms with Gasteiger partial charge in [-0.1, -0.05) is 0 Å². The van der Waals surface area contributed by atoms with Crippen LogP contribution in [0.4, 0.5) is 5.95 Å². The number of nitrogens with two attached hydrogens (primary N) is 1. The molecular formula is C9H11N5O6. The van der Waals surface area contributed by atoms with Gasteiger partial charge in [0.05, 0.1) is 6.61 Å². The summed E-state index contributed by atoms with van der Waals surface area (Å²) >= 11 is 0. The van der Waals surface area contributed by atoms with Crippen molar-refractivity contribution in [2.45, 2.75) is 24.5 Å². The van der Waals surface area contributed by atoms with E-state index >= 15 is 0 Å². The summed E-state index contributed by atoms with van der Waals surface area (Å²) in [6.07, 6.45) is -4.89. The fourth-order valence-corrected chi connectivity index (χ4v) is 2.04. The molecule has 0 bridgehead atoms. The molecule has 0 aliphatic carbocycles. The first kappa shape index (κ1) is 12.9. The topological polar surface area (TPSA) is 170 Å². The minimum absolute atomic E-state index is 0.0719. The summed E-state index contributed by atoms with van der Waals surface area (Å²) in [6.45, 7) is -0.495. The number of aliphatic hydroxyl groups excluding tert-OH is 3. The van der Waals surface area contributed by atoms with Crippen LogP contribution in [0.3, 0.4) is 0 Å². The molecule has 0 aromatic rings. The van der Waals surface area contributed by atoms with Crippen molar-refractivity contribution >= 4 is 5.95 Å². The monoisotopic (exact) mass is 285 g/mol. The highest BCUT2D eigenvalue weighted by Crippen LogP contribution is 2.32. The lowest BCUT2D eigenvalue weighted by Gasteiger charge is -2.14. The van der Waals surface area contributed by atoms with Crippen molar-refractivity contribution in [2.75, 3.05) is 12.3 Å². The third-order valence-electron chi connectivity index (χ3n) is 3.03. The number of nitrogen functional groups attached to an aromatic ring is 1. The van der Waals surface area contributed by atoms with Crippen LogP contribution in [-0.4, -0.2) is 60.1 Å². The van der Waals surface area contributed by atoms with Gasteiger partial charge in [-0.05, 0) is 5.16 Å². The Bertz CT molecular complexity index is 655. The molecule has 0 saturated carbocycles. The van der Waals surface area contributed by atoms with Gasteiger partial charge in [0.25, 0.3) is 0 Å². The summed E-state index contributed by atoms with van der Waals surface area (Å²) in [5.41, 5.74) is 4.45. The van der Waals surface area contributed by atoms with Gasteiger partial charge in [0, 0.05) is 0 Å². The summed E-state index contributed by atoms with van der Waals surface area (Å²) in [5.74, 6) is -0.358. The lowest BCUT2D eigenvalue weighted by Crippen LogP contribution is -2.33. The van der Waals surface area contributed by atoms with E-state index in [9.17, 15) is 15.0 Å². The zero-order chi connectivity index (χ0) is 14.4. The van der Waals surface area contributed by atoms with E-state index in [-0.39, 0.29) is 17.5 Å². The number of fused-ring (bicyclic) bond motifs is 1. The molecule has 1 saturated heterocycles. The Morgan fingerprint density at radius 3 is 2.70 bits per heavy atom. The molecule has 20 heavy (non-hydrogen) atoms. The molecular weight excluding hydrogens is 274 g/mol. The van der Waals surface area contributed by atoms with Gasteiger partial charge in [0.15, 0.2) is 6.23 Å². The van der Waals surface area contributed by atoms with Crippen molar-refractivity contribution in [1.82, 2.24) is 19.9 Å². The van der Waals surface area contributed by atoms with Gasteiger partial charge in [-0.15, -0.1) is 4.74 Å². The fraction of sp³-hybridized carbons (Fsp3) is 0.556. The Balaban J connectivity index is 2.05. The molecule has 3 heterocycles. The van der Waals surface area contributed by atoms with E-state index in [0.717, 1.165) is 4.74 Å². The van der Waals surface area contributed by atoms with Crippen molar-refractivity contribution in [3.8, 4) is 11.5 Å². The molecule has 4 atom stereocenters. The summed E-state index contributed by atoms with van der Waals surface area (Å²) in [5, 5.41) is 32.1. The van der Waals surface area contributed by atoms with E-state index in [4.69, 9.17) is 20.2 Å². The maximum atomic E-state index is 11.5. The standard InChI is InChI=1S/C9H11N5O6/c10-9-11-6-3(7(18)12-9)13-20-14(6)8-5(17)4(16)2(1-15)19-8/h2,4-5,8,15-17H,1H2,(H2,10,12,18)/t2-,4-,5-,8-/m1/s1. The lowest BCUT2D eigenvalue weighted by atomic mass is 10.1. The summed E-state index contributed by atoms with van der Waals surface area (Å²) in [6, 6.07) is 0. The van der Waals surface area contributed by atoms with Crippen molar-refractivity contribution in [2.24, 2.45) is 0 Å². The molecule has 11 nitrogen and oxygen atoms in total. The predicted octanol–water partition coefficient (Wildman–Crippen LogP) is -3.08. The molecule has 0 radical (unpaired) electrons. The van der Waals surface area contributed by atoms with E-state index in [1.165, 1.54) is 0 Å². The second-order valence-corrected chi connectivity index (χ2v) is 4.29. The summed E-state index contributed by atoms with van der Waals surface area (Å²) in [4.78, 5) is 18.7. The third-order valence-corrected chi connectivity index (χ3v) is 3.03. The largest absolute Gasteiger partial charge is 0.394 e. The van der Waals surface area contributed by atoms with Crippen molar-refractivity contribution in [3.63, 3.8) is 0 Å². The number of hydrogen-bond donors (Lipinski definition) is 4. The summed E-state index contributed by atoms with van der Waals surface area (Å²) in [7, 11) is 0. The second-order valence-electron chi connectivity index (χ2n) is 4.29. The van der Waals surface area contributed by atoms with Crippen molar-refractivity contribution < 1.29 is 24.7 Å². The molecule has 11 heteroatoms. The van der Waals surface area contributed by atoms with Gasteiger partial charge >= 0.3 is 5.56 Å². The highest BCUT2D eigenvalue weighted by Gasteiger charge is 2.46. The molecule has 3 rings (SSSR count). The first-order valence-electron chi connectivity index (χ1n) is 5.67. The quantitative estimate of drug-likeness (QED) is 0.443. The Morgan fingerprint density at radius 1 is 1.30 bits per heavy atom. The van der Waals surface area contributed by atoms with Gasteiger partial charge in [0.2, 0.25) is 17.5 Å². The van der Waals surface area contributed by atoms with Gasteiger partial charge in [-0.3, -0.25) is 9.42 Å². The van der Waals surface area contributed by atoms with Crippen LogP contribution in [-0.2, 0) is 4.74 Å². The van der Waals surface area contributed by atoms with Gasteiger partial charge < -0.3 is 25.8 Å². The molecule has 108 valence electrons. The second kappa shape index (κ2) is 4.49. The van der Waals surface area contributed by atoms with Crippen LogP contribution in [0.5, 0.6) is 0 Å². The molecule has 0 aromatic carbocycles. The maximum Gasteiger partial charge on any atom is 0.306 e. The first-order valence-corrected chi connectivity index (χ1v) is 5.67. The normalized spacial score (nSPS) is 30.1. The Hall–Kier alpha value is -2.08. The molecule has 0 aromatic heterocycles. The highest BCUT2D eigenvalue weighted by atomic mass is 16.6. The van der Waals surface area contributed by atoms with E-state index in [1.807, 2.05) is 0 Å². The minimum atomic E-state index is -1.39. The average molecular weight is 285 g/mol. The number of rotatable bonds is 2. The molecule has 1 fully saturated rings. The zero-order valence-corrected chi connectivity index (χ0v) is 9.95. The molecule has 0 spiro atoms. The van der Waals surface area contributed by atoms with E-state index in [1.54, 1.807) is 0 Å². The Labute approximate surface area is 110 Å². The van der Waals surface area contributed by atoms with Gasteiger partial charge in [0.1, 0.15) is 18.3 Å². The van der Waals surface area contributed by atoms with Crippen LogP contribution in [0.2, 0.25) is 0 Å². The number of hydrogen-bond acceptors (Lipinski definition) is 10. The maximum absolute atomic E-state index is 11.5. The predicted molar refractivity (Wildman–Crippen MR) is 60.4 cm³/mol. The minimum Gasteiger partial charge on any atom is -0.394 e. The van der Waals surface area contributed by atoms with E-state index < -0.39 is 36.7 Å². The highest BCUT2D eigenvalue weighted by molar-refractivity contribution is 5.49. The molecule has 3 aliphatic heterocycles. The van der Waals surface area contributed by atoms with Crippen LogP contribution in [0.1, 0.15) is 6.23 Å². The lowest BCUT2D eigenvalue weighted by molar-refractivity contribution is -0.0924. The number of aromatic nitrogens is 4. The Morgan fingerprint density at radius 2 is 2.05 bits per heavy atom. The van der Waals surface area contributed by atoms with Gasteiger partial charge in [-0.2, -0.15) is 9.97 Å². The van der Waals surface area contributed by atoms with E-state index in [2.05, 4.69) is 15.1 Å². The number of nitrogens with zero attached hydrogens (tertiary/aromatic N) is 4. The summed E-state index contributed by atoms with van der Waals surface area (Å²) < 4.78 is 11.0. The SMILES string of the molecule is Nc1nc2n([C@@H]3O[C@H](CO)[C@@H](O)[C@H]3O)onc-2c(=O)n1. The molecule has 0 unspecified atom stereocenters. The van der Waals surface area contributed by atoms with Crippen LogP contribution in [0, 0.1) is 0 Å². The third kappa shape index (κ3) is 1.76. The zero-order valence-electron chi connectivity index (χ0n) is 9.95. The average Bonchev–Trinajstić information content (AvgIpc) is 2.93.